The second-order valence-electron chi connectivity index (χ2n) is 7.85. The van der Waals surface area contributed by atoms with Crippen molar-refractivity contribution in [3.8, 4) is 22.3 Å². The summed E-state index contributed by atoms with van der Waals surface area (Å²) >= 11 is 0. The lowest BCUT2D eigenvalue weighted by Gasteiger charge is -2.10. The van der Waals surface area contributed by atoms with Gasteiger partial charge in [0.15, 0.2) is 0 Å². The summed E-state index contributed by atoms with van der Waals surface area (Å²) in [6, 6.07) is 35.8. The van der Waals surface area contributed by atoms with Crippen molar-refractivity contribution in [1.82, 2.24) is 0 Å². The van der Waals surface area contributed by atoms with Crippen molar-refractivity contribution in [2.75, 3.05) is 0 Å². The van der Waals surface area contributed by atoms with Gasteiger partial charge in [-0.25, -0.2) is 0 Å². The molecule has 0 fully saturated rings. The first-order chi connectivity index (χ1) is 14.2. The summed E-state index contributed by atoms with van der Waals surface area (Å²) in [6.07, 6.45) is 1.07. The van der Waals surface area contributed by atoms with E-state index in [1.54, 1.807) is 0 Å². The molecule has 0 saturated heterocycles. The summed E-state index contributed by atoms with van der Waals surface area (Å²) in [5.41, 5.74) is 7.74. The summed E-state index contributed by atoms with van der Waals surface area (Å²) in [5.74, 6) is 0. The molecule has 0 bridgehead atoms. The van der Waals surface area contributed by atoms with E-state index in [0.29, 0.717) is 0 Å². The Morgan fingerprint density at radius 1 is 0.483 bits per heavy atom. The van der Waals surface area contributed by atoms with Gasteiger partial charge in [-0.3, -0.25) is 0 Å². The van der Waals surface area contributed by atoms with Crippen molar-refractivity contribution in [1.29, 1.82) is 0 Å². The molecule has 0 aromatic heterocycles. The minimum absolute atomic E-state index is 1.07. The van der Waals surface area contributed by atoms with Gasteiger partial charge < -0.3 is 0 Å². The third-order valence-corrected chi connectivity index (χ3v) is 5.92. The van der Waals surface area contributed by atoms with Crippen molar-refractivity contribution in [3.05, 3.63) is 108 Å². The van der Waals surface area contributed by atoms with Crippen molar-refractivity contribution in [3.63, 3.8) is 0 Å². The molecule has 5 aromatic carbocycles. The number of hydrogen-bond donors (Lipinski definition) is 0. The zero-order chi connectivity index (χ0) is 19.8. The minimum Gasteiger partial charge on any atom is -0.0613 e. The standard InChI is InChI=1S/C29H24/c1-3-21-6-10-23(11-7-21)27-17-15-25-13-12-24-14-16-26(18-28(24)29(25)19-27)22-8-4-20(2)5-9-22/h4-19H,3H2,1-2H3. The van der Waals surface area contributed by atoms with Crippen molar-refractivity contribution in [2.45, 2.75) is 20.3 Å². The van der Waals surface area contributed by atoms with Gasteiger partial charge in [-0.1, -0.05) is 97.4 Å². The van der Waals surface area contributed by atoms with Crippen LogP contribution in [0.5, 0.6) is 0 Å². The molecule has 0 unspecified atom stereocenters. The van der Waals surface area contributed by atoms with E-state index in [0.717, 1.165) is 6.42 Å². The molecule has 0 nitrogen and oxygen atoms in total. The molecule has 0 radical (unpaired) electrons. The molecule has 5 rings (SSSR count). The van der Waals surface area contributed by atoms with E-state index >= 15 is 0 Å². The van der Waals surface area contributed by atoms with Crippen LogP contribution in [0.4, 0.5) is 0 Å². The van der Waals surface area contributed by atoms with E-state index in [1.165, 1.54) is 54.9 Å². The highest BCUT2D eigenvalue weighted by atomic mass is 14.1. The van der Waals surface area contributed by atoms with Gasteiger partial charge in [-0.15, -0.1) is 0 Å². The Morgan fingerprint density at radius 2 is 0.897 bits per heavy atom. The molecule has 29 heavy (non-hydrogen) atoms. The van der Waals surface area contributed by atoms with Gasteiger partial charge in [0.2, 0.25) is 0 Å². The third kappa shape index (κ3) is 3.32. The second kappa shape index (κ2) is 7.22. The minimum atomic E-state index is 1.07. The van der Waals surface area contributed by atoms with Crippen LogP contribution in [0.2, 0.25) is 0 Å². The Labute approximate surface area is 172 Å². The van der Waals surface area contributed by atoms with Gasteiger partial charge in [-0.2, -0.15) is 0 Å². The molecule has 0 amide bonds. The van der Waals surface area contributed by atoms with Crippen molar-refractivity contribution >= 4 is 21.5 Å². The average Bonchev–Trinajstić information content (AvgIpc) is 2.79. The highest BCUT2D eigenvalue weighted by Gasteiger charge is 2.06. The van der Waals surface area contributed by atoms with E-state index in [2.05, 4.69) is 111 Å². The molecule has 0 saturated carbocycles. The Hall–Kier alpha value is -3.38. The molecule has 0 heteroatoms. The maximum atomic E-state index is 2.34. The second-order valence-corrected chi connectivity index (χ2v) is 7.85. The molecule has 140 valence electrons. The first kappa shape index (κ1) is 17.7. The highest BCUT2D eigenvalue weighted by molar-refractivity contribution is 6.09. The van der Waals surface area contributed by atoms with Gasteiger partial charge in [0.1, 0.15) is 0 Å². The molecule has 0 atom stereocenters. The van der Waals surface area contributed by atoms with Crippen molar-refractivity contribution < 1.29 is 0 Å². The molecule has 5 aromatic rings. The summed E-state index contributed by atoms with van der Waals surface area (Å²) in [6.45, 7) is 4.33. The normalized spacial score (nSPS) is 11.2. The molecular weight excluding hydrogens is 348 g/mol. The number of aryl methyl sites for hydroxylation is 2. The molecular formula is C29H24. The van der Waals surface area contributed by atoms with Gasteiger partial charge in [-0.05, 0) is 74.8 Å². The molecule has 0 aliphatic rings. The van der Waals surface area contributed by atoms with Crippen LogP contribution in [0.3, 0.4) is 0 Å². The fourth-order valence-corrected chi connectivity index (χ4v) is 4.09. The Bertz CT molecular complexity index is 1310. The lowest BCUT2D eigenvalue weighted by Crippen LogP contribution is -1.85. The predicted octanol–water partition coefficient (Wildman–Crippen LogP) is 8.20. The van der Waals surface area contributed by atoms with Crippen LogP contribution in [-0.4, -0.2) is 0 Å². The maximum absolute atomic E-state index is 2.34. The Kier molecular flexibility index (Phi) is 4.41. The van der Waals surface area contributed by atoms with E-state index in [4.69, 9.17) is 0 Å². The maximum Gasteiger partial charge on any atom is -0.00990 e. The zero-order valence-corrected chi connectivity index (χ0v) is 16.9. The van der Waals surface area contributed by atoms with Gasteiger partial charge in [0.25, 0.3) is 0 Å². The third-order valence-electron chi connectivity index (χ3n) is 5.92. The molecule has 0 spiro atoms. The largest absolute Gasteiger partial charge is 0.0613 e. The van der Waals surface area contributed by atoms with Crippen LogP contribution in [-0.2, 0) is 6.42 Å². The van der Waals surface area contributed by atoms with Gasteiger partial charge >= 0.3 is 0 Å². The topological polar surface area (TPSA) is 0 Å². The summed E-state index contributed by atoms with van der Waals surface area (Å²) in [5, 5.41) is 5.19. The van der Waals surface area contributed by atoms with Crippen LogP contribution in [0.15, 0.2) is 97.1 Å². The Balaban J connectivity index is 1.68. The predicted molar refractivity (Wildman–Crippen MR) is 126 cm³/mol. The summed E-state index contributed by atoms with van der Waals surface area (Å²) < 4.78 is 0. The monoisotopic (exact) mass is 372 g/mol. The first-order valence-electron chi connectivity index (χ1n) is 10.3. The highest BCUT2D eigenvalue weighted by Crippen LogP contribution is 2.33. The number of benzene rings is 5. The van der Waals surface area contributed by atoms with Crippen LogP contribution in [0, 0.1) is 6.92 Å². The number of hydrogen-bond acceptors (Lipinski definition) is 0. The molecule has 0 aliphatic carbocycles. The van der Waals surface area contributed by atoms with E-state index < -0.39 is 0 Å². The summed E-state index contributed by atoms with van der Waals surface area (Å²) in [7, 11) is 0. The fourth-order valence-electron chi connectivity index (χ4n) is 4.09. The van der Waals surface area contributed by atoms with Crippen LogP contribution in [0.1, 0.15) is 18.1 Å². The van der Waals surface area contributed by atoms with Crippen LogP contribution in [0.25, 0.3) is 43.8 Å². The lowest BCUT2D eigenvalue weighted by molar-refractivity contribution is 1.14. The molecule has 0 N–H and O–H groups in total. The zero-order valence-electron chi connectivity index (χ0n) is 16.9. The fraction of sp³-hybridized carbons (Fsp3) is 0.103. The van der Waals surface area contributed by atoms with E-state index in [-0.39, 0.29) is 0 Å². The van der Waals surface area contributed by atoms with E-state index in [1.807, 2.05) is 0 Å². The smallest absolute Gasteiger partial charge is 0.00990 e. The van der Waals surface area contributed by atoms with Crippen LogP contribution < -0.4 is 0 Å². The van der Waals surface area contributed by atoms with Crippen molar-refractivity contribution in [2.24, 2.45) is 0 Å². The molecule has 0 heterocycles. The number of rotatable bonds is 3. The van der Waals surface area contributed by atoms with Crippen LogP contribution >= 0.6 is 0 Å². The molecule has 0 aliphatic heterocycles. The Morgan fingerprint density at radius 3 is 1.38 bits per heavy atom. The SMILES string of the molecule is CCc1ccc(-c2ccc3ccc4ccc(-c5ccc(C)cc5)cc4c3c2)cc1. The lowest BCUT2D eigenvalue weighted by atomic mass is 9.94. The van der Waals surface area contributed by atoms with Gasteiger partial charge in [0.05, 0.1) is 0 Å². The van der Waals surface area contributed by atoms with E-state index in [9.17, 15) is 0 Å². The first-order valence-corrected chi connectivity index (χ1v) is 10.3. The quantitative estimate of drug-likeness (QED) is 0.280. The summed E-state index contributed by atoms with van der Waals surface area (Å²) in [4.78, 5) is 0. The average molecular weight is 373 g/mol. The van der Waals surface area contributed by atoms with Gasteiger partial charge in [0, 0.05) is 0 Å². The number of fused-ring (bicyclic) bond motifs is 3.